The summed E-state index contributed by atoms with van der Waals surface area (Å²) in [5.74, 6) is -0.474. The van der Waals surface area contributed by atoms with Crippen LogP contribution in [0.3, 0.4) is 0 Å². The molecule has 0 heterocycles. The van der Waals surface area contributed by atoms with Gasteiger partial charge in [-0.05, 0) is 42.5 Å². The molecule has 0 fully saturated rings. The number of amides is 1. The van der Waals surface area contributed by atoms with Crippen molar-refractivity contribution < 1.29 is 19.4 Å². The number of ether oxygens (including phenoxy) is 1. The van der Waals surface area contributed by atoms with Gasteiger partial charge in [-0.1, -0.05) is 20.8 Å². The number of aliphatic carboxylic acids is 1. The zero-order valence-corrected chi connectivity index (χ0v) is 13.8. The van der Waals surface area contributed by atoms with E-state index in [0.29, 0.717) is 12.2 Å². The molecule has 5 heteroatoms. The average Bonchev–Trinajstić information content (AvgIpc) is 2.43. The van der Waals surface area contributed by atoms with Crippen LogP contribution in [0.2, 0.25) is 0 Å². The first-order valence-electron chi connectivity index (χ1n) is 7.40. The summed E-state index contributed by atoms with van der Waals surface area (Å²) in [6.07, 6.45) is 2.39. The van der Waals surface area contributed by atoms with Crippen molar-refractivity contribution in [2.45, 2.75) is 40.0 Å². The molecule has 122 valence electrons. The molecule has 1 rings (SSSR count). The fourth-order valence-corrected chi connectivity index (χ4v) is 1.99. The van der Waals surface area contributed by atoms with Crippen molar-refractivity contribution in [2.75, 3.05) is 18.6 Å². The number of anilines is 1. The van der Waals surface area contributed by atoms with Gasteiger partial charge in [0.2, 0.25) is 5.91 Å². The molecule has 1 amide bonds. The van der Waals surface area contributed by atoms with Crippen molar-refractivity contribution in [3.05, 3.63) is 24.3 Å². The number of rotatable bonds is 7. The zero-order valence-electron chi connectivity index (χ0n) is 13.8. The molecule has 1 aromatic rings. The van der Waals surface area contributed by atoms with Crippen LogP contribution in [0, 0.1) is 5.41 Å². The van der Waals surface area contributed by atoms with Gasteiger partial charge in [-0.15, -0.1) is 0 Å². The molecule has 5 nitrogen and oxygen atoms in total. The first-order valence-corrected chi connectivity index (χ1v) is 7.40. The minimum atomic E-state index is -1.02. The molecule has 0 unspecified atom stereocenters. The van der Waals surface area contributed by atoms with E-state index in [9.17, 15) is 9.59 Å². The Hall–Kier alpha value is -2.04. The molecule has 1 aromatic carbocycles. The van der Waals surface area contributed by atoms with Crippen molar-refractivity contribution in [1.29, 1.82) is 0 Å². The van der Waals surface area contributed by atoms with E-state index in [4.69, 9.17) is 9.84 Å². The number of hydrogen-bond acceptors (Lipinski definition) is 3. The van der Waals surface area contributed by atoms with E-state index < -0.39 is 5.97 Å². The Balaban J connectivity index is 2.52. The van der Waals surface area contributed by atoms with E-state index in [2.05, 4.69) is 20.8 Å². The van der Waals surface area contributed by atoms with Crippen LogP contribution in [-0.4, -0.2) is 30.6 Å². The highest BCUT2D eigenvalue weighted by atomic mass is 16.5. The topological polar surface area (TPSA) is 66.8 Å². The van der Waals surface area contributed by atoms with Crippen LogP contribution in [-0.2, 0) is 9.59 Å². The second kappa shape index (κ2) is 7.82. The van der Waals surface area contributed by atoms with Gasteiger partial charge in [-0.25, -0.2) is 4.79 Å². The van der Waals surface area contributed by atoms with Crippen LogP contribution in [0.15, 0.2) is 24.3 Å². The van der Waals surface area contributed by atoms with Gasteiger partial charge < -0.3 is 14.7 Å². The maximum absolute atomic E-state index is 12.1. The lowest BCUT2D eigenvalue weighted by molar-refractivity contribution is -0.139. The molecule has 0 saturated carbocycles. The van der Waals surface area contributed by atoms with Gasteiger partial charge in [-0.3, -0.25) is 4.79 Å². The summed E-state index contributed by atoms with van der Waals surface area (Å²) < 4.78 is 5.06. The molecule has 0 aromatic heterocycles. The number of hydrogen-bond donors (Lipinski definition) is 1. The van der Waals surface area contributed by atoms with Crippen LogP contribution < -0.4 is 9.64 Å². The van der Waals surface area contributed by atoms with Gasteiger partial charge >= 0.3 is 5.97 Å². The van der Waals surface area contributed by atoms with E-state index in [1.54, 1.807) is 36.2 Å². The van der Waals surface area contributed by atoms with Crippen molar-refractivity contribution in [3.8, 4) is 5.75 Å². The lowest BCUT2D eigenvalue weighted by atomic mass is 9.90. The fourth-order valence-electron chi connectivity index (χ4n) is 1.99. The highest BCUT2D eigenvalue weighted by Gasteiger charge is 2.14. The van der Waals surface area contributed by atoms with Crippen molar-refractivity contribution in [2.24, 2.45) is 5.41 Å². The molecule has 0 bridgehead atoms. The predicted molar refractivity (Wildman–Crippen MR) is 86.3 cm³/mol. The van der Waals surface area contributed by atoms with Crippen LogP contribution in [0.25, 0.3) is 0 Å². The Morgan fingerprint density at radius 2 is 1.77 bits per heavy atom. The van der Waals surface area contributed by atoms with Crippen LogP contribution in [0.1, 0.15) is 40.0 Å². The summed E-state index contributed by atoms with van der Waals surface area (Å²) in [5, 5.41) is 8.55. The monoisotopic (exact) mass is 307 g/mol. The second-order valence-corrected chi connectivity index (χ2v) is 6.54. The number of carbonyl (C=O) groups excluding carboxylic acids is 1. The number of nitrogens with zero attached hydrogens (tertiary/aromatic N) is 1. The summed E-state index contributed by atoms with van der Waals surface area (Å²) >= 11 is 0. The number of benzene rings is 1. The molecule has 1 N–H and O–H groups in total. The van der Waals surface area contributed by atoms with Gasteiger partial charge in [-0.2, -0.15) is 0 Å². The molecule has 0 radical (unpaired) electrons. The molecule has 0 spiro atoms. The SMILES string of the molecule is CN(C(=O)CCCC(C)(C)C)c1ccc(OCC(=O)O)cc1. The Morgan fingerprint density at radius 3 is 2.27 bits per heavy atom. The lowest BCUT2D eigenvalue weighted by Crippen LogP contribution is -2.26. The molecule has 0 saturated heterocycles. The summed E-state index contributed by atoms with van der Waals surface area (Å²) in [7, 11) is 1.74. The van der Waals surface area contributed by atoms with Crippen LogP contribution in [0.4, 0.5) is 5.69 Å². The average molecular weight is 307 g/mol. The molecular weight excluding hydrogens is 282 g/mol. The molecular formula is C17H25NO4. The standard InChI is InChI=1S/C17H25NO4/c1-17(2,3)11-5-6-15(19)18(4)13-7-9-14(10-8-13)22-12-16(20)21/h7-10H,5-6,11-12H2,1-4H3,(H,20,21). The Morgan fingerprint density at radius 1 is 1.18 bits per heavy atom. The van der Waals surface area contributed by atoms with Crippen molar-refractivity contribution in [3.63, 3.8) is 0 Å². The van der Waals surface area contributed by atoms with Crippen molar-refractivity contribution >= 4 is 17.6 Å². The third-order valence-electron chi connectivity index (χ3n) is 3.28. The third kappa shape index (κ3) is 6.61. The van der Waals surface area contributed by atoms with E-state index in [0.717, 1.165) is 18.5 Å². The van der Waals surface area contributed by atoms with E-state index in [-0.39, 0.29) is 17.9 Å². The minimum Gasteiger partial charge on any atom is -0.482 e. The van der Waals surface area contributed by atoms with Crippen LogP contribution >= 0.6 is 0 Å². The molecule has 0 aliphatic carbocycles. The summed E-state index contributed by atoms with van der Waals surface area (Å²) in [6.45, 7) is 6.12. The Labute approximate surface area is 131 Å². The summed E-state index contributed by atoms with van der Waals surface area (Å²) in [5.41, 5.74) is 1.01. The quantitative estimate of drug-likeness (QED) is 0.839. The molecule has 0 atom stereocenters. The third-order valence-corrected chi connectivity index (χ3v) is 3.28. The highest BCUT2D eigenvalue weighted by molar-refractivity contribution is 5.92. The molecule has 0 aliphatic heterocycles. The number of carbonyl (C=O) groups is 2. The summed E-state index contributed by atoms with van der Waals surface area (Å²) in [6, 6.07) is 6.83. The zero-order chi connectivity index (χ0) is 16.8. The normalized spacial score (nSPS) is 11.1. The maximum Gasteiger partial charge on any atom is 0.341 e. The largest absolute Gasteiger partial charge is 0.482 e. The maximum atomic E-state index is 12.1. The molecule has 22 heavy (non-hydrogen) atoms. The minimum absolute atomic E-state index is 0.0726. The van der Waals surface area contributed by atoms with Gasteiger partial charge in [0.05, 0.1) is 0 Å². The first-order chi connectivity index (χ1) is 10.2. The van der Waals surface area contributed by atoms with Crippen molar-refractivity contribution in [1.82, 2.24) is 0 Å². The van der Waals surface area contributed by atoms with E-state index in [1.807, 2.05) is 0 Å². The van der Waals surface area contributed by atoms with Gasteiger partial charge in [0.1, 0.15) is 5.75 Å². The highest BCUT2D eigenvalue weighted by Crippen LogP contribution is 2.23. The predicted octanol–water partition coefficient (Wildman–Crippen LogP) is 3.33. The lowest BCUT2D eigenvalue weighted by Gasteiger charge is -2.20. The van der Waals surface area contributed by atoms with Gasteiger partial charge in [0, 0.05) is 19.2 Å². The Kier molecular flexibility index (Phi) is 6.40. The van der Waals surface area contributed by atoms with E-state index >= 15 is 0 Å². The van der Waals surface area contributed by atoms with Crippen LogP contribution in [0.5, 0.6) is 5.75 Å². The second-order valence-electron chi connectivity index (χ2n) is 6.54. The van der Waals surface area contributed by atoms with E-state index in [1.165, 1.54) is 0 Å². The van der Waals surface area contributed by atoms with Gasteiger partial charge in [0.15, 0.2) is 6.61 Å². The smallest absolute Gasteiger partial charge is 0.341 e. The van der Waals surface area contributed by atoms with Gasteiger partial charge in [0.25, 0.3) is 0 Å². The number of carboxylic acid groups (broad SMARTS) is 1. The molecule has 0 aliphatic rings. The first kappa shape index (κ1) is 18.0. The fraction of sp³-hybridized carbons (Fsp3) is 0.529. The summed E-state index contributed by atoms with van der Waals surface area (Å²) in [4.78, 5) is 24.2. The Bertz CT molecular complexity index is 502. The number of carboxylic acids is 1.